The molecule has 0 aliphatic rings. The summed E-state index contributed by atoms with van der Waals surface area (Å²) in [5.41, 5.74) is -0.190. The summed E-state index contributed by atoms with van der Waals surface area (Å²) < 4.78 is 5.25. The fourth-order valence-electron chi connectivity index (χ4n) is 1.14. The van der Waals surface area contributed by atoms with Crippen LogP contribution < -0.4 is 4.74 Å². The molecule has 0 saturated heterocycles. The maximum absolute atomic E-state index is 10.9. The van der Waals surface area contributed by atoms with Crippen LogP contribution in [0.25, 0.3) is 0 Å². The number of hydrogen-bond acceptors (Lipinski definition) is 4. The van der Waals surface area contributed by atoms with Gasteiger partial charge < -0.3 is 4.74 Å². The van der Waals surface area contributed by atoms with Crippen molar-refractivity contribution >= 4 is 22.5 Å². The zero-order chi connectivity index (χ0) is 12.3. The third-order valence-corrected chi connectivity index (χ3v) is 1.96. The lowest BCUT2D eigenvalue weighted by Gasteiger charge is -2.09. The van der Waals surface area contributed by atoms with Crippen LogP contribution >= 0.6 is 11.6 Å². The van der Waals surface area contributed by atoms with Crippen molar-refractivity contribution < 1.29 is 14.5 Å². The van der Waals surface area contributed by atoms with Crippen LogP contribution in [0.1, 0.15) is 24.2 Å². The summed E-state index contributed by atoms with van der Waals surface area (Å²) in [4.78, 5) is 21.0. The molecule has 1 rings (SSSR count). The van der Waals surface area contributed by atoms with Gasteiger partial charge in [-0.3, -0.25) is 14.9 Å². The molecule has 86 valence electrons. The van der Waals surface area contributed by atoms with Gasteiger partial charge in [0, 0.05) is 11.6 Å². The Labute approximate surface area is 97.1 Å². The van der Waals surface area contributed by atoms with E-state index in [2.05, 4.69) is 0 Å². The van der Waals surface area contributed by atoms with E-state index >= 15 is 0 Å². The van der Waals surface area contributed by atoms with Gasteiger partial charge in [0.15, 0.2) is 5.75 Å². The summed E-state index contributed by atoms with van der Waals surface area (Å²) >= 11 is 5.24. The Morgan fingerprint density at radius 3 is 2.56 bits per heavy atom. The van der Waals surface area contributed by atoms with Crippen molar-refractivity contribution in [2.75, 3.05) is 0 Å². The molecule has 0 N–H and O–H groups in total. The molecule has 6 heteroatoms. The summed E-state index contributed by atoms with van der Waals surface area (Å²) in [7, 11) is 0. The van der Waals surface area contributed by atoms with Gasteiger partial charge in [-0.05, 0) is 37.6 Å². The predicted octanol–water partition coefficient (Wildman–Crippen LogP) is 2.76. The van der Waals surface area contributed by atoms with E-state index in [1.54, 1.807) is 13.8 Å². The highest BCUT2D eigenvalue weighted by Gasteiger charge is 2.18. The molecule has 0 unspecified atom stereocenters. The Kier molecular flexibility index (Phi) is 3.84. The Morgan fingerprint density at radius 1 is 1.50 bits per heavy atom. The van der Waals surface area contributed by atoms with E-state index in [9.17, 15) is 14.9 Å². The molecule has 1 aromatic rings. The van der Waals surface area contributed by atoms with Gasteiger partial charge in [0.05, 0.1) is 11.0 Å². The van der Waals surface area contributed by atoms with Crippen molar-refractivity contribution in [3.63, 3.8) is 0 Å². The second-order valence-corrected chi connectivity index (χ2v) is 3.72. The number of ether oxygens (including phenoxy) is 1. The molecule has 1 aromatic carbocycles. The maximum atomic E-state index is 10.9. The molecule has 0 spiro atoms. The Balaban J connectivity index is 3.19. The molecular weight excluding hydrogens is 234 g/mol. The monoisotopic (exact) mass is 243 g/mol. The molecule has 0 bridgehead atoms. The van der Waals surface area contributed by atoms with Crippen molar-refractivity contribution in [2.24, 2.45) is 0 Å². The highest BCUT2D eigenvalue weighted by molar-refractivity contribution is 6.67. The average Bonchev–Trinajstić information content (AvgIpc) is 2.16. The lowest BCUT2D eigenvalue weighted by atomic mass is 10.2. The molecule has 0 aliphatic heterocycles. The van der Waals surface area contributed by atoms with Gasteiger partial charge in [0.25, 0.3) is 5.24 Å². The van der Waals surface area contributed by atoms with Crippen molar-refractivity contribution in [1.29, 1.82) is 0 Å². The Hall–Kier alpha value is -1.62. The van der Waals surface area contributed by atoms with Crippen LogP contribution in [0.15, 0.2) is 18.2 Å². The SMILES string of the molecule is CC(C)Oc1ccc(C(=O)Cl)cc1[N+](=O)[O-]. The predicted molar refractivity (Wildman–Crippen MR) is 59.0 cm³/mol. The summed E-state index contributed by atoms with van der Waals surface area (Å²) in [6.45, 7) is 3.51. The van der Waals surface area contributed by atoms with E-state index in [4.69, 9.17) is 16.3 Å². The van der Waals surface area contributed by atoms with Crippen LogP contribution in [0.2, 0.25) is 0 Å². The minimum absolute atomic E-state index is 0.0736. The molecule has 0 atom stereocenters. The second-order valence-electron chi connectivity index (χ2n) is 3.38. The minimum atomic E-state index is -0.737. The standard InChI is InChI=1S/C10H10ClNO4/c1-6(2)16-9-4-3-7(10(11)13)5-8(9)12(14)15/h3-6H,1-2H3. The number of nitro groups is 1. The highest BCUT2D eigenvalue weighted by atomic mass is 35.5. The van der Waals surface area contributed by atoms with Gasteiger partial charge in [0.2, 0.25) is 0 Å². The smallest absolute Gasteiger partial charge is 0.311 e. The Morgan fingerprint density at radius 2 is 2.12 bits per heavy atom. The van der Waals surface area contributed by atoms with E-state index in [1.807, 2.05) is 0 Å². The average molecular weight is 244 g/mol. The van der Waals surface area contributed by atoms with E-state index in [0.717, 1.165) is 6.07 Å². The molecule has 16 heavy (non-hydrogen) atoms. The molecule has 0 aromatic heterocycles. The lowest BCUT2D eigenvalue weighted by Crippen LogP contribution is -2.07. The van der Waals surface area contributed by atoms with E-state index in [1.165, 1.54) is 12.1 Å². The number of hydrogen-bond donors (Lipinski definition) is 0. The fraction of sp³-hybridized carbons (Fsp3) is 0.300. The summed E-state index contributed by atoms with van der Waals surface area (Å²) in [5, 5.41) is 10.0. The normalized spacial score (nSPS) is 10.2. The summed E-state index contributed by atoms with van der Waals surface area (Å²) in [6, 6.07) is 3.86. The third kappa shape index (κ3) is 2.93. The van der Waals surface area contributed by atoms with Gasteiger partial charge in [-0.25, -0.2) is 0 Å². The fourth-order valence-corrected chi connectivity index (χ4v) is 1.25. The highest BCUT2D eigenvalue weighted by Crippen LogP contribution is 2.29. The van der Waals surface area contributed by atoms with Crippen molar-refractivity contribution in [1.82, 2.24) is 0 Å². The second kappa shape index (κ2) is 4.94. The summed E-state index contributed by atoms with van der Waals surface area (Å²) in [5.74, 6) is 0.127. The van der Waals surface area contributed by atoms with Crippen molar-refractivity contribution in [2.45, 2.75) is 20.0 Å². The quantitative estimate of drug-likeness (QED) is 0.463. The molecule has 0 saturated carbocycles. The van der Waals surface area contributed by atoms with Gasteiger partial charge in [-0.2, -0.15) is 0 Å². The molecular formula is C10H10ClNO4. The van der Waals surface area contributed by atoms with Crippen LogP contribution in [0.3, 0.4) is 0 Å². The minimum Gasteiger partial charge on any atom is -0.484 e. The largest absolute Gasteiger partial charge is 0.484 e. The topological polar surface area (TPSA) is 69.4 Å². The molecule has 0 fully saturated rings. The van der Waals surface area contributed by atoms with Crippen molar-refractivity contribution in [3.05, 3.63) is 33.9 Å². The Bertz CT molecular complexity index is 431. The number of carbonyl (C=O) groups excluding carboxylic acids is 1. The van der Waals surface area contributed by atoms with Gasteiger partial charge >= 0.3 is 5.69 Å². The molecule has 0 aliphatic carbocycles. The van der Waals surface area contributed by atoms with Crippen LogP contribution in [0.5, 0.6) is 5.75 Å². The van der Waals surface area contributed by atoms with Crippen LogP contribution in [-0.4, -0.2) is 16.3 Å². The number of nitro benzene ring substituents is 1. The number of halogens is 1. The molecule has 5 nitrogen and oxygen atoms in total. The third-order valence-electron chi connectivity index (χ3n) is 1.75. The molecule has 0 radical (unpaired) electrons. The van der Waals surface area contributed by atoms with Crippen LogP contribution in [0.4, 0.5) is 5.69 Å². The number of carbonyl (C=O) groups is 1. The number of benzene rings is 1. The zero-order valence-electron chi connectivity index (χ0n) is 8.77. The molecule has 0 heterocycles. The first-order valence-electron chi connectivity index (χ1n) is 4.56. The van der Waals surface area contributed by atoms with E-state index in [0.29, 0.717) is 0 Å². The van der Waals surface area contributed by atoms with E-state index < -0.39 is 10.2 Å². The van der Waals surface area contributed by atoms with Gasteiger partial charge in [0.1, 0.15) is 0 Å². The van der Waals surface area contributed by atoms with Crippen LogP contribution in [-0.2, 0) is 0 Å². The maximum Gasteiger partial charge on any atom is 0.311 e. The number of nitrogens with zero attached hydrogens (tertiary/aromatic N) is 1. The number of rotatable bonds is 4. The zero-order valence-corrected chi connectivity index (χ0v) is 9.52. The van der Waals surface area contributed by atoms with Gasteiger partial charge in [-0.15, -0.1) is 0 Å². The first-order chi connectivity index (χ1) is 7.41. The van der Waals surface area contributed by atoms with Gasteiger partial charge in [-0.1, -0.05) is 0 Å². The molecule has 0 amide bonds. The van der Waals surface area contributed by atoms with E-state index in [-0.39, 0.29) is 23.1 Å². The van der Waals surface area contributed by atoms with Crippen LogP contribution in [0, 0.1) is 10.1 Å². The lowest BCUT2D eigenvalue weighted by molar-refractivity contribution is -0.386. The first-order valence-corrected chi connectivity index (χ1v) is 4.94. The first kappa shape index (κ1) is 12.4. The summed E-state index contributed by atoms with van der Waals surface area (Å²) in [6.07, 6.45) is -0.184. The van der Waals surface area contributed by atoms with Crippen molar-refractivity contribution in [3.8, 4) is 5.75 Å².